The van der Waals surface area contributed by atoms with Gasteiger partial charge < -0.3 is 9.84 Å². The molecular weight excluding hydrogens is 503 g/mol. The van der Waals surface area contributed by atoms with Gasteiger partial charge in [-0.3, -0.25) is 4.72 Å². The van der Waals surface area contributed by atoms with Gasteiger partial charge in [-0.1, -0.05) is 32.0 Å². The number of hydrogen-bond acceptors (Lipinski definition) is 5. The Morgan fingerprint density at radius 1 is 1.06 bits per heavy atom. The summed E-state index contributed by atoms with van der Waals surface area (Å²) in [6, 6.07) is 16.1. The van der Waals surface area contributed by atoms with Crippen molar-refractivity contribution in [1.82, 2.24) is 0 Å². The van der Waals surface area contributed by atoms with Gasteiger partial charge in [-0.15, -0.1) is 24.9 Å². The minimum atomic E-state index is -4.76. The van der Waals surface area contributed by atoms with Crippen molar-refractivity contribution in [3.05, 3.63) is 83.4 Å². The summed E-state index contributed by atoms with van der Waals surface area (Å²) in [5.74, 6) is -1.22. The van der Waals surface area contributed by atoms with Crippen LogP contribution in [-0.4, -0.2) is 25.9 Å². The Bertz CT molecular complexity index is 1310. The molecule has 0 spiro atoms. The summed E-state index contributed by atoms with van der Waals surface area (Å²) in [4.78, 5) is 12.2. The minimum Gasteiger partial charge on any atom is -0.478 e. The lowest BCUT2D eigenvalue weighted by molar-refractivity contribution is -0.274. The zero-order valence-corrected chi connectivity index (χ0v) is 20.3. The molecule has 0 aromatic heterocycles. The number of thioether (sulfide) groups is 1. The number of anilines is 1. The minimum absolute atomic E-state index is 0.0701. The maximum absolute atomic E-state index is 12.8. The molecule has 3 rings (SSSR count). The zero-order valence-electron chi connectivity index (χ0n) is 18.7. The fourth-order valence-corrected chi connectivity index (χ4v) is 5.15. The highest BCUT2D eigenvalue weighted by molar-refractivity contribution is 7.98. The van der Waals surface area contributed by atoms with Crippen LogP contribution >= 0.6 is 11.8 Å². The molecule has 0 saturated carbocycles. The molecule has 35 heavy (non-hydrogen) atoms. The molecule has 0 heterocycles. The second-order valence-corrected chi connectivity index (χ2v) is 10.6. The molecule has 0 atom stereocenters. The van der Waals surface area contributed by atoms with E-state index < -0.39 is 22.4 Å². The van der Waals surface area contributed by atoms with Crippen molar-refractivity contribution in [2.45, 2.75) is 41.7 Å². The van der Waals surface area contributed by atoms with Crippen LogP contribution in [0.15, 0.2) is 76.5 Å². The maximum Gasteiger partial charge on any atom is 0.573 e. The van der Waals surface area contributed by atoms with Gasteiger partial charge >= 0.3 is 12.3 Å². The molecule has 0 aliphatic carbocycles. The Balaban J connectivity index is 1.68. The largest absolute Gasteiger partial charge is 0.573 e. The molecule has 186 valence electrons. The lowest BCUT2D eigenvalue weighted by Crippen LogP contribution is -2.17. The van der Waals surface area contributed by atoms with Gasteiger partial charge in [0.25, 0.3) is 10.0 Å². The van der Waals surface area contributed by atoms with E-state index in [1.165, 1.54) is 42.1 Å². The topological polar surface area (TPSA) is 92.7 Å². The standard InChI is InChI=1S/C24H22F3NO5S2/c1-15(2)21-11-10-20(13-22(21)23(29)30)35(31,32)28-17-6-8-19(9-7-17)34-14-16-4-3-5-18(12-16)33-24(25,26)27/h3-13,15,28H,14H2,1-2H3,(H,29,30). The van der Waals surface area contributed by atoms with Crippen LogP contribution in [0, 0.1) is 0 Å². The Morgan fingerprint density at radius 2 is 1.74 bits per heavy atom. The van der Waals surface area contributed by atoms with Crippen LogP contribution in [-0.2, 0) is 15.8 Å². The average Bonchev–Trinajstić information content (AvgIpc) is 2.77. The van der Waals surface area contributed by atoms with Gasteiger partial charge in [0.1, 0.15) is 5.75 Å². The van der Waals surface area contributed by atoms with Crippen molar-refractivity contribution < 1.29 is 36.2 Å². The van der Waals surface area contributed by atoms with Gasteiger partial charge in [0.15, 0.2) is 0 Å². The molecule has 0 aliphatic rings. The maximum atomic E-state index is 12.8. The smallest absolute Gasteiger partial charge is 0.478 e. The van der Waals surface area contributed by atoms with Crippen molar-refractivity contribution in [2.75, 3.05) is 4.72 Å². The third-order valence-corrected chi connectivity index (χ3v) is 7.29. The number of rotatable bonds is 9. The van der Waals surface area contributed by atoms with E-state index in [9.17, 15) is 31.5 Å². The number of carbonyl (C=O) groups is 1. The molecule has 0 bridgehead atoms. The highest BCUT2D eigenvalue weighted by atomic mass is 32.2. The highest BCUT2D eigenvalue weighted by Gasteiger charge is 2.31. The van der Waals surface area contributed by atoms with Gasteiger partial charge in [0.2, 0.25) is 0 Å². The number of halogens is 3. The fraction of sp³-hybridized carbons (Fsp3) is 0.208. The number of aromatic carboxylic acids is 1. The Labute approximate surface area is 205 Å². The Hall–Kier alpha value is -3.18. The molecular formula is C24H22F3NO5S2. The number of alkyl halides is 3. The normalized spacial score (nSPS) is 11.9. The van der Waals surface area contributed by atoms with Crippen LogP contribution < -0.4 is 9.46 Å². The molecule has 6 nitrogen and oxygen atoms in total. The van der Waals surface area contributed by atoms with Crippen molar-refractivity contribution in [3.63, 3.8) is 0 Å². The third-order valence-electron chi connectivity index (χ3n) is 4.83. The van der Waals surface area contributed by atoms with Gasteiger partial charge in [0, 0.05) is 16.3 Å². The van der Waals surface area contributed by atoms with Crippen LogP contribution in [0.5, 0.6) is 5.75 Å². The third kappa shape index (κ3) is 7.40. The van der Waals surface area contributed by atoms with Crippen LogP contribution in [0.1, 0.15) is 41.3 Å². The van der Waals surface area contributed by atoms with Gasteiger partial charge in [-0.2, -0.15) is 0 Å². The summed E-state index contributed by atoms with van der Waals surface area (Å²) < 4.78 is 69.1. The molecule has 0 saturated heterocycles. The molecule has 0 unspecified atom stereocenters. The van der Waals surface area contributed by atoms with Crippen molar-refractivity contribution >= 4 is 33.4 Å². The number of nitrogens with one attached hydrogen (secondary N) is 1. The first-order valence-corrected chi connectivity index (χ1v) is 12.8. The summed E-state index contributed by atoms with van der Waals surface area (Å²) in [5.41, 5.74) is 1.37. The summed E-state index contributed by atoms with van der Waals surface area (Å²) in [6.07, 6.45) is -4.76. The van der Waals surface area contributed by atoms with Gasteiger partial charge in [-0.25, -0.2) is 13.2 Å². The SMILES string of the molecule is CC(C)c1ccc(S(=O)(=O)Nc2ccc(SCc3cccc(OC(F)(F)F)c3)cc2)cc1C(=O)O. The first-order chi connectivity index (χ1) is 16.3. The van der Waals surface area contributed by atoms with Crippen molar-refractivity contribution in [3.8, 4) is 5.75 Å². The molecule has 0 radical (unpaired) electrons. The lowest BCUT2D eigenvalue weighted by atomic mass is 9.97. The van der Waals surface area contributed by atoms with E-state index in [0.29, 0.717) is 16.9 Å². The van der Waals surface area contributed by atoms with E-state index in [1.807, 2.05) is 13.8 Å². The monoisotopic (exact) mass is 525 g/mol. The number of carboxylic acid groups (broad SMARTS) is 1. The lowest BCUT2D eigenvalue weighted by Gasteiger charge is -2.13. The number of sulfonamides is 1. The Kier molecular flexibility index (Phi) is 8.01. The average molecular weight is 526 g/mol. The predicted octanol–water partition coefficient (Wildman–Crippen LogP) is 6.50. The second-order valence-electron chi connectivity index (χ2n) is 7.82. The number of carboxylic acids is 1. The van der Waals surface area contributed by atoms with E-state index >= 15 is 0 Å². The highest BCUT2D eigenvalue weighted by Crippen LogP contribution is 2.29. The second kappa shape index (κ2) is 10.6. The molecule has 0 aliphatic heterocycles. The zero-order chi connectivity index (χ0) is 25.8. The van der Waals surface area contributed by atoms with E-state index in [0.717, 1.165) is 11.0 Å². The van der Waals surface area contributed by atoms with E-state index in [2.05, 4.69) is 9.46 Å². The number of ether oxygens (including phenoxy) is 1. The van der Waals surface area contributed by atoms with Gasteiger partial charge in [-0.05, 0) is 65.6 Å². The molecule has 2 N–H and O–H groups in total. The summed E-state index contributed by atoms with van der Waals surface area (Å²) >= 11 is 1.35. The summed E-state index contributed by atoms with van der Waals surface area (Å²) in [7, 11) is -4.03. The quantitative estimate of drug-likeness (QED) is 0.310. The predicted molar refractivity (Wildman–Crippen MR) is 127 cm³/mol. The van der Waals surface area contributed by atoms with Crippen LogP contribution in [0.4, 0.5) is 18.9 Å². The van der Waals surface area contributed by atoms with E-state index in [4.69, 9.17) is 0 Å². The van der Waals surface area contributed by atoms with Crippen LogP contribution in [0.3, 0.4) is 0 Å². The first kappa shape index (κ1) is 26.4. The van der Waals surface area contributed by atoms with E-state index in [-0.39, 0.29) is 27.8 Å². The van der Waals surface area contributed by atoms with Crippen molar-refractivity contribution in [2.24, 2.45) is 0 Å². The number of hydrogen-bond donors (Lipinski definition) is 2. The Morgan fingerprint density at radius 3 is 2.34 bits per heavy atom. The number of benzene rings is 3. The van der Waals surface area contributed by atoms with Gasteiger partial charge in [0.05, 0.1) is 10.5 Å². The molecule has 3 aromatic rings. The summed E-state index contributed by atoms with van der Waals surface area (Å²) in [5, 5.41) is 9.45. The summed E-state index contributed by atoms with van der Waals surface area (Å²) in [6.45, 7) is 3.64. The molecule has 0 fully saturated rings. The van der Waals surface area contributed by atoms with Crippen LogP contribution in [0.2, 0.25) is 0 Å². The molecule has 3 aromatic carbocycles. The first-order valence-electron chi connectivity index (χ1n) is 10.3. The van der Waals surface area contributed by atoms with Crippen molar-refractivity contribution in [1.29, 1.82) is 0 Å². The molecule has 0 amide bonds. The molecule has 11 heteroatoms. The van der Waals surface area contributed by atoms with E-state index in [1.54, 1.807) is 30.3 Å². The fourth-order valence-electron chi connectivity index (χ4n) is 3.22. The van der Waals surface area contributed by atoms with Crippen LogP contribution in [0.25, 0.3) is 0 Å².